The molecule has 1 aliphatic heterocycles. The molecule has 4 rings (SSSR count). The number of hydrogen-bond acceptors (Lipinski definition) is 4. The number of allylic oxidation sites excluding steroid dienone is 2. The Bertz CT molecular complexity index is 1250. The molecule has 1 heterocycles. The maximum atomic E-state index is 14.2. The molecule has 1 unspecified atom stereocenters. The second-order valence-corrected chi connectivity index (χ2v) is 12.0. The molecule has 0 radical (unpaired) electrons. The average molecular weight is 530 g/mol. The number of nitrogens with one attached hydrogen (secondary N) is 1. The van der Waals surface area contributed by atoms with Gasteiger partial charge in [-0.2, -0.15) is 0 Å². The monoisotopic (exact) mass is 529 g/mol. The van der Waals surface area contributed by atoms with Crippen molar-refractivity contribution in [2.45, 2.75) is 59.0 Å². The number of aryl methyl sites for hydroxylation is 1. The number of likely N-dealkylation sites (tertiary alicyclic amines) is 1. The second kappa shape index (κ2) is 11.7. The number of piperidine rings is 1. The Morgan fingerprint density at radius 3 is 2.44 bits per heavy atom. The van der Waals surface area contributed by atoms with E-state index in [0.717, 1.165) is 36.1 Å². The summed E-state index contributed by atoms with van der Waals surface area (Å²) < 4.78 is 5.59. The molecule has 2 aromatic carbocycles. The Balaban J connectivity index is 1.68. The number of methoxy groups -OCH3 is 1. The molecule has 0 bridgehead atoms. The SMILES string of the molecule is COc1cccc(C)c1C(=O)N1CCCC(C(=O)N[C@H]2C=CC=C(C(C)(C)C)C2)[C@@H]1c1ccc(N(C)C)cc1. The van der Waals surface area contributed by atoms with Crippen LogP contribution in [0.4, 0.5) is 5.69 Å². The van der Waals surface area contributed by atoms with Gasteiger partial charge in [0.05, 0.1) is 30.7 Å². The summed E-state index contributed by atoms with van der Waals surface area (Å²) in [6, 6.07) is 13.4. The number of rotatable bonds is 6. The smallest absolute Gasteiger partial charge is 0.258 e. The van der Waals surface area contributed by atoms with Crippen LogP contribution in [0.1, 0.15) is 67.6 Å². The number of carbonyl (C=O) groups excluding carboxylic acids is 2. The van der Waals surface area contributed by atoms with Crippen LogP contribution in [0.15, 0.2) is 66.3 Å². The minimum atomic E-state index is -0.378. The lowest BCUT2D eigenvalue weighted by atomic mass is 9.80. The summed E-state index contributed by atoms with van der Waals surface area (Å²) in [6.45, 7) is 9.12. The molecule has 6 heteroatoms. The lowest BCUT2D eigenvalue weighted by molar-refractivity contribution is -0.128. The lowest BCUT2D eigenvalue weighted by Crippen LogP contribution is -2.49. The van der Waals surface area contributed by atoms with Crippen molar-refractivity contribution in [2.75, 3.05) is 32.6 Å². The zero-order chi connectivity index (χ0) is 28.3. The van der Waals surface area contributed by atoms with Crippen LogP contribution in [0.2, 0.25) is 0 Å². The number of anilines is 1. The van der Waals surface area contributed by atoms with Crippen LogP contribution in [0.25, 0.3) is 0 Å². The number of amides is 2. The first-order chi connectivity index (χ1) is 18.5. The van der Waals surface area contributed by atoms with E-state index < -0.39 is 0 Å². The fourth-order valence-electron chi connectivity index (χ4n) is 5.73. The van der Waals surface area contributed by atoms with Gasteiger partial charge in [-0.1, -0.05) is 68.8 Å². The topological polar surface area (TPSA) is 61.9 Å². The van der Waals surface area contributed by atoms with Crippen molar-refractivity contribution in [3.8, 4) is 5.75 Å². The standard InChI is InChI=1S/C33H43N3O3/c1-22-11-8-15-28(39-7)29(22)32(38)36-20-10-14-27(30(36)23-16-18-26(19-17-23)35(5)6)31(37)34-25-13-9-12-24(21-25)33(2,3)4/h8-9,11-13,15-19,25,27,30H,10,14,20-21H2,1-7H3,(H,34,37)/t25-,27?,30-/m0/s1. The minimum Gasteiger partial charge on any atom is -0.496 e. The molecule has 0 saturated carbocycles. The number of nitrogens with zero attached hydrogens (tertiary/aromatic N) is 2. The van der Waals surface area contributed by atoms with Crippen LogP contribution >= 0.6 is 0 Å². The van der Waals surface area contributed by atoms with Crippen molar-refractivity contribution in [2.24, 2.45) is 11.3 Å². The van der Waals surface area contributed by atoms with Crippen LogP contribution in [-0.2, 0) is 4.79 Å². The molecule has 0 spiro atoms. The van der Waals surface area contributed by atoms with Gasteiger partial charge in [0, 0.05) is 26.3 Å². The molecule has 1 fully saturated rings. The molecule has 0 aromatic heterocycles. The third-order valence-electron chi connectivity index (χ3n) is 8.02. The molecule has 1 saturated heterocycles. The van der Waals surface area contributed by atoms with Crippen LogP contribution in [0.5, 0.6) is 5.75 Å². The van der Waals surface area contributed by atoms with Crippen LogP contribution in [0, 0.1) is 18.3 Å². The van der Waals surface area contributed by atoms with Gasteiger partial charge in [0.25, 0.3) is 5.91 Å². The summed E-state index contributed by atoms with van der Waals surface area (Å²) in [7, 11) is 5.60. The van der Waals surface area contributed by atoms with Crippen LogP contribution in [-0.4, -0.2) is 50.5 Å². The highest BCUT2D eigenvalue weighted by Crippen LogP contribution is 2.40. The van der Waals surface area contributed by atoms with E-state index in [-0.39, 0.29) is 35.2 Å². The summed E-state index contributed by atoms with van der Waals surface area (Å²) in [5, 5.41) is 3.32. The van der Waals surface area contributed by atoms with E-state index in [0.29, 0.717) is 17.9 Å². The van der Waals surface area contributed by atoms with Gasteiger partial charge in [0.2, 0.25) is 5.91 Å². The third kappa shape index (κ3) is 6.21. The summed E-state index contributed by atoms with van der Waals surface area (Å²) in [5.74, 6) is 0.0952. The summed E-state index contributed by atoms with van der Waals surface area (Å²) in [5.41, 5.74) is 4.83. The Labute approximate surface area is 233 Å². The van der Waals surface area contributed by atoms with Crippen LogP contribution < -0.4 is 15.0 Å². The lowest BCUT2D eigenvalue weighted by Gasteiger charge is -2.42. The Hall–Kier alpha value is -3.54. The first-order valence-electron chi connectivity index (χ1n) is 13.9. The molecule has 3 atom stereocenters. The first kappa shape index (κ1) is 28.5. The van der Waals surface area contributed by atoms with Crippen molar-refractivity contribution in [1.82, 2.24) is 10.2 Å². The molecule has 6 nitrogen and oxygen atoms in total. The van der Waals surface area contributed by atoms with Gasteiger partial charge in [-0.05, 0) is 60.9 Å². The van der Waals surface area contributed by atoms with E-state index in [1.54, 1.807) is 7.11 Å². The molecular weight excluding hydrogens is 486 g/mol. The van der Waals surface area contributed by atoms with Gasteiger partial charge in [-0.15, -0.1) is 0 Å². The van der Waals surface area contributed by atoms with Gasteiger partial charge >= 0.3 is 0 Å². The number of carbonyl (C=O) groups is 2. The number of hydrogen-bond donors (Lipinski definition) is 1. The van der Waals surface area contributed by atoms with E-state index in [1.165, 1.54) is 5.57 Å². The summed E-state index contributed by atoms with van der Waals surface area (Å²) >= 11 is 0. The second-order valence-electron chi connectivity index (χ2n) is 12.0. The van der Waals surface area contributed by atoms with Crippen molar-refractivity contribution in [3.05, 3.63) is 83.0 Å². The van der Waals surface area contributed by atoms with Crippen molar-refractivity contribution >= 4 is 17.5 Å². The van der Waals surface area contributed by atoms with Crippen molar-refractivity contribution in [1.29, 1.82) is 0 Å². The zero-order valence-electron chi connectivity index (χ0n) is 24.5. The molecule has 208 valence electrons. The van der Waals surface area contributed by atoms with Gasteiger partial charge in [0.1, 0.15) is 5.75 Å². The maximum Gasteiger partial charge on any atom is 0.258 e. The maximum absolute atomic E-state index is 14.2. The zero-order valence-corrected chi connectivity index (χ0v) is 24.5. The molecule has 39 heavy (non-hydrogen) atoms. The molecule has 2 aliphatic rings. The van der Waals surface area contributed by atoms with E-state index in [4.69, 9.17) is 4.74 Å². The Morgan fingerprint density at radius 2 is 1.79 bits per heavy atom. The van der Waals surface area contributed by atoms with Gasteiger partial charge < -0.3 is 19.9 Å². The van der Waals surface area contributed by atoms with Crippen molar-refractivity contribution < 1.29 is 14.3 Å². The molecule has 2 amide bonds. The molecular formula is C33H43N3O3. The van der Waals surface area contributed by atoms with Gasteiger partial charge in [0.15, 0.2) is 0 Å². The highest BCUT2D eigenvalue weighted by Gasteiger charge is 2.41. The Morgan fingerprint density at radius 1 is 1.08 bits per heavy atom. The fraction of sp³-hybridized carbons (Fsp3) is 0.455. The Kier molecular flexibility index (Phi) is 8.53. The highest BCUT2D eigenvalue weighted by atomic mass is 16.5. The molecule has 2 aromatic rings. The van der Waals surface area contributed by atoms with E-state index >= 15 is 0 Å². The number of ether oxygens (including phenoxy) is 1. The first-order valence-corrected chi connectivity index (χ1v) is 13.9. The summed E-state index contributed by atoms with van der Waals surface area (Å²) in [6.07, 6.45) is 8.56. The van der Waals surface area contributed by atoms with Gasteiger partial charge in [-0.25, -0.2) is 0 Å². The molecule has 1 aliphatic carbocycles. The van der Waals surface area contributed by atoms with E-state index in [1.807, 2.05) is 55.1 Å². The largest absolute Gasteiger partial charge is 0.496 e. The predicted molar refractivity (Wildman–Crippen MR) is 158 cm³/mol. The van der Waals surface area contributed by atoms with E-state index in [9.17, 15) is 9.59 Å². The van der Waals surface area contributed by atoms with Crippen molar-refractivity contribution in [3.63, 3.8) is 0 Å². The third-order valence-corrected chi connectivity index (χ3v) is 8.02. The minimum absolute atomic E-state index is 0.00394. The van der Waals surface area contributed by atoms with E-state index in [2.05, 4.69) is 62.5 Å². The van der Waals surface area contributed by atoms with Crippen LogP contribution in [0.3, 0.4) is 0 Å². The summed E-state index contributed by atoms with van der Waals surface area (Å²) in [4.78, 5) is 32.0. The predicted octanol–water partition coefficient (Wildman–Crippen LogP) is 6.08. The number of benzene rings is 2. The quantitative estimate of drug-likeness (QED) is 0.493. The van der Waals surface area contributed by atoms with Gasteiger partial charge in [-0.3, -0.25) is 9.59 Å². The fourth-order valence-corrected chi connectivity index (χ4v) is 5.73. The highest BCUT2D eigenvalue weighted by molar-refractivity contribution is 5.99. The normalized spacial score (nSPS) is 21.3. The molecule has 1 N–H and O–H groups in total. The average Bonchev–Trinajstić information content (AvgIpc) is 2.91.